The van der Waals surface area contributed by atoms with Crippen LogP contribution < -0.4 is 5.32 Å². The first kappa shape index (κ1) is 21.2. The van der Waals surface area contributed by atoms with Crippen LogP contribution in [0.4, 0.5) is 5.69 Å². The third kappa shape index (κ3) is 3.67. The van der Waals surface area contributed by atoms with Gasteiger partial charge in [-0.2, -0.15) is 5.10 Å². The quantitative estimate of drug-likeness (QED) is 0.229. The van der Waals surface area contributed by atoms with Crippen molar-refractivity contribution in [1.82, 2.24) is 30.1 Å². The summed E-state index contributed by atoms with van der Waals surface area (Å²) in [5.74, 6) is 0.719. The molecule has 1 atom stereocenters. The van der Waals surface area contributed by atoms with Gasteiger partial charge in [-0.25, -0.2) is 4.98 Å². The largest absolute Gasteiger partial charge is 0.369 e. The van der Waals surface area contributed by atoms with Crippen molar-refractivity contribution in [2.75, 3.05) is 5.32 Å². The number of benzene rings is 3. The molecular formula is C29H21N7O. The van der Waals surface area contributed by atoms with E-state index in [1.54, 1.807) is 18.5 Å². The maximum atomic E-state index is 10.7. The van der Waals surface area contributed by atoms with E-state index in [0.29, 0.717) is 5.56 Å². The summed E-state index contributed by atoms with van der Waals surface area (Å²) in [6.07, 6.45) is 6.11. The first-order valence-electron chi connectivity index (χ1n) is 11.9. The number of nitrogens with zero attached hydrogens (tertiary/aromatic N) is 4. The Balaban J connectivity index is 1.31. The number of aliphatic hydroxyl groups excluding tert-OH is 1. The number of aromatic nitrogens is 6. The van der Waals surface area contributed by atoms with Crippen molar-refractivity contribution in [3.05, 3.63) is 103 Å². The number of pyridine rings is 2. The van der Waals surface area contributed by atoms with Crippen molar-refractivity contribution < 1.29 is 5.11 Å². The molecule has 4 heterocycles. The van der Waals surface area contributed by atoms with Crippen LogP contribution in [-0.2, 0) is 0 Å². The lowest BCUT2D eigenvalue weighted by Gasteiger charge is -2.17. The van der Waals surface area contributed by atoms with E-state index in [1.165, 1.54) is 0 Å². The molecule has 8 heteroatoms. The zero-order valence-electron chi connectivity index (χ0n) is 19.6. The van der Waals surface area contributed by atoms with Gasteiger partial charge in [0, 0.05) is 52.4 Å². The maximum absolute atomic E-state index is 10.7. The summed E-state index contributed by atoms with van der Waals surface area (Å²) in [5.41, 5.74) is 7.03. The van der Waals surface area contributed by atoms with Crippen molar-refractivity contribution in [2.45, 2.75) is 6.23 Å². The summed E-state index contributed by atoms with van der Waals surface area (Å²) < 4.78 is 0. The van der Waals surface area contributed by atoms with Gasteiger partial charge in [-0.05, 0) is 47.3 Å². The topological polar surface area (TPSA) is 115 Å². The average molecular weight is 484 g/mol. The molecule has 7 rings (SSSR count). The van der Waals surface area contributed by atoms with E-state index in [9.17, 15) is 5.11 Å². The van der Waals surface area contributed by atoms with E-state index >= 15 is 0 Å². The molecule has 0 radical (unpaired) electrons. The molecule has 0 amide bonds. The van der Waals surface area contributed by atoms with Gasteiger partial charge in [-0.1, -0.05) is 36.4 Å². The zero-order valence-corrected chi connectivity index (χ0v) is 19.6. The van der Waals surface area contributed by atoms with E-state index in [2.05, 4.69) is 48.7 Å². The Bertz CT molecular complexity index is 1860. The first-order valence-corrected chi connectivity index (χ1v) is 11.9. The molecule has 7 aromatic rings. The third-order valence-corrected chi connectivity index (χ3v) is 6.58. The Morgan fingerprint density at radius 3 is 2.62 bits per heavy atom. The van der Waals surface area contributed by atoms with Crippen LogP contribution in [0.25, 0.3) is 55.4 Å². The third-order valence-electron chi connectivity index (χ3n) is 6.58. The van der Waals surface area contributed by atoms with Gasteiger partial charge in [0.1, 0.15) is 5.69 Å². The van der Waals surface area contributed by atoms with E-state index in [1.807, 2.05) is 60.9 Å². The van der Waals surface area contributed by atoms with Crippen molar-refractivity contribution in [3.8, 4) is 22.6 Å². The lowest BCUT2D eigenvalue weighted by atomic mass is 9.98. The molecule has 8 nitrogen and oxygen atoms in total. The van der Waals surface area contributed by atoms with E-state index in [0.717, 1.165) is 61.0 Å². The van der Waals surface area contributed by atoms with Gasteiger partial charge in [0.25, 0.3) is 0 Å². The fourth-order valence-corrected chi connectivity index (χ4v) is 4.75. The predicted octanol–water partition coefficient (Wildman–Crippen LogP) is 5.82. The molecule has 0 bridgehead atoms. The Hall–Kier alpha value is -5.08. The number of hydrogen-bond acceptors (Lipinski definition) is 6. The minimum atomic E-state index is -0.892. The van der Waals surface area contributed by atoms with Crippen LogP contribution in [0.3, 0.4) is 0 Å². The molecule has 4 N–H and O–H groups in total. The van der Waals surface area contributed by atoms with Gasteiger partial charge in [-0.3, -0.25) is 15.1 Å². The molecule has 37 heavy (non-hydrogen) atoms. The average Bonchev–Trinajstić information content (AvgIpc) is 3.57. The molecule has 3 aromatic carbocycles. The fourth-order valence-electron chi connectivity index (χ4n) is 4.75. The number of aliphatic hydroxyl groups is 1. The Kier molecular flexibility index (Phi) is 4.90. The summed E-state index contributed by atoms with van der Waals surface area (Å²) >= 11 is 0. The minimum Gasteiger partial charge on any atom is -0.369 e. The lowest BCUT2D eigenvalue weighted by molar-refractivity contribution is 0.208. The number of hydrogen-bond donors (Lipinski definition) is 4. The van der Waals surface area contributed by atoms with Crippen LogP contribution in [0.2, 0.25) is 0 Å². The van der Waals surface area contributed by atoms with Crippen LogP contribution in [0, 0.1) is 0 Å². The van der Waals surface area contributed by atoms with Crippen LogP contribution in [0.5, 0.6) is 0 Å². The highest BCUT2D eigenvalue weighted by Gasteiger charge is 2.16. The number of rotatable bonds is 5. The second-order valence-electron chi connectivity index (χ2n) is 8.86. The molecule has 0 aliphatic heterocycles. The Labute approximate surface area is 211 Å². The number of anilines is 1. The van der Waals surface area contributed by atoms with Gasteiger partial charge < -0.3 is 15.4 Å². The highest BCUT2D eigenvalue weighted by molar-refractivity contribution is 6.04. The number of aromatic amines is 2. The SMILES string of the molecule is OC(Nc1cccc2c(-c3ccc4[nH]nc(-c5nc6ccccc6[nH]5)c4c3)cncc12)c1cccnc1. The van der Waals surface area contributed by atoms with Crippen molar-refractivity contribution in [1.29, 1.82) is 0 Å². The van der Waals surface area contributed by atoms with Crippen LogP contribution in [-0.4, -0.2) is 35.2 Å². The minimum absolute atomic E-state index is 0.687. The van der Waals surface area contributed by atoms with Gasteiger partial charge >= 0.3 is 0 Å². The number of imidazole rings is 1. The smallest absolute Gasteiger partial charge is 0.159 e. The molecule has 0 aliphatic rings. The van der Waals surface area contributed by atoms with Gasteiger partial charge in [0.2, 0.25) is 0 Å². The molecule has 0 saturated carbocycles. The number of fused-ring (bicyclic) bond motifs is 3. The highest BCUT2D eigenvalue weighted by Crippen LogP contribution is 2.35. The summed E-state index contributed by atoms with van der Waals surface area (Å²) in [7, 11) is 0. The number of nitrogens with one attached hydrogen (secondary N) is 3. The number of H-pyrrole nitrogens is 2. The van der Waals surface area contributed by atoms with Gasteiger partial charge in [-0.15, -0.1) is 0 Å². The monoisotopic (exact) mass is 483 g/mol. The van der Waals surface area contributed by atoms with Crippen LogP contribution in [0.15, 0.2) is 97.6 Å². The van der Waals surface area contributed by atoms with Gasteiger partial charge in [0.05, 0.1) is 16.6 Å². The van der Waals surface area contributed by atoms with E-state index < -0.39 is 6.23 Å². The molecule has 0 aliphatic carbocycles. The molecule has 178 valence electrons. The van der Waals surface area contributed by atoms with E-state index in [4.69, 9.17) is 4.98 Å². The Morgan fingerprint density at radius 1 is 0.784 bits per heavy atom. The predicted molar refractivity (Wildman–Crippen MR) is 145 cm³/mol. The zero-order chi connectivity index (χ0) is 24.8. The maximum Gasteiger partial charge on any atom is 0.159 e. The summed E-state index contributed by atoms with van der Waals surface area (Å²) in [5, 5.41) is 24.5. The standard InChI is InChI=1S/C29H21N7O/c37-29(18-5-4-12-30-14-18)34-23-9-3-6-19-21(15-31-16-22(19)23)17-10-11-24-20(13-17)27(36-35-24)28-32-25-7-1-2-8-26(25)33-28/h1-16,29,34,37H,(H,32,33)(H,35,36). The van der Waals surface area contributed by atoms with Crippen LogP contribution >= 0.6 is 0 Å². The Morgan fingerprint density at radius 2 is 1.73 bits per heavy atom. The molecule has 0 spiro atoms. The molecule has 4 aromatic heterocycles. The summed E-state index contributed by atoms with van der Waals surface area (Å²) in [6.45, 7) is 0. The summed E-state index contributed by atoms with van der Waals surface area (Å²) in [4.78, 5) is 16.7. The summed E-state index contributed by atoms with van der Waals surface area (Å²) in [6, 6.07) is 23.7. The van der Waals surface area contributed by atoms with Crippen molar-refractivity contribution >= 4 is 38.4 Å². The van der Waals surface area contributed by atoms with Crippen LogP contribution in [0.1, 0.15) is 11.8 Å². The lowest BCUT2D eigenvalue weighted by Crippen LogP contribution is -2.10. The normalized spacial score (nSPS) is 12.4. The van der Waals surface area contributed by atoms with Crippen molar-refractivity contribution in [2.24, 2.45) is 0 Å². The molecule has 1 unspecified atom stereocenters. The molecule has 0 fully saturated rings. The second-order valence-corrected chi connectivity index (χ2v) is 8.86. The highest BCUT2D eigenvalue weighted by atomic mass is 16.3. The fraction of sp³-hybridized carbons (Fsp3) is 0.0345. The molecular weight excluding hydrogens is 462 g/mol. The van der Waals surface area contributed by atoms with Crippen molar-refractivity contribution in [3.63, 3.8) is 0 Å². The van der Waals surface area contributed by atoms with Gasteiger partial charge in [0.15, 0.2) is 12.1 Å². The molecule has 0 saturated heterocycles. The number of para-hydroxylation sites is 2. The van der Waals surface area contributed by atoms with E-state index in [-0.39, 0.29) is 0 Å². The second kappa shape index (κ2) is 8.54. The first-order chi connectivity index (χ1) is 18.2.